The van der Waals surface area contributed by atoms with Gasteiger partial charge in [-0.05, 0) is 73.5 Å². The van der Waals surface area contributed by atoms with Crippen LogP contribution < -0.4 is 14.8 Å². The summed E-state index contributed by atoms with van der Waals surface area (Å²) in [7, 11) is 1.59. The number of halogens is 2. The first-order valence-electron chi connectivity index (χ1n) is 9.00. The molecule has 0 aromatic heterocycles. The zero-order valence-electron chi connectivity index (χ0n) is 16.4. The van der Waals surface area contributed by atoms with Gasteiger partial charge in [0.25, 0.3) is 5.91 Å². The van der Waals surface area contributed by atoms with Crippen molar-refractivity contribution < 1.29 is 14.3 Å². The highest BCUT2D eigenvalue weighted by atomic mass is 35.5. The average molecular weight is 430 g/mol. The molecule has 0 bridgehead atoms. The van der Waals surface area contributed by atoms with E-state index in [1.54, 1.807) is 43.5 Å². The van der Waals surface area contributed by atoms with E-state index in [-0.39, 0.29) is 12.5 Å². The van der Waals surface area contributed by atoms with Crippen molar-refractivity contribution in [2.75, 3.05) is 12.4 Å². The number of ether oxygens (including phenoxy) is 2. The normalized spacial score (nSPS) is 10.5. The van der Waals surface area contributed by atoms with Crippen LogP contribution >= 0.6 is 23.2 Å². The van der Waals surface area contributed by atoms with Crippen LogP contribution in [-0.4, -0.2) is 13.0 Å². The predicted octanol–water partition coefficient (Wildman–Crippen LogP) is 6.45. The Balaban J connectivity index is 1.77. The number of carbonyl (C=O) groups is 1. The molecule has 0 unspecified atom stereocenters. The van der Waals surface area contributed by atoms with Gasteiger partial charge in [-0.3, -0.25) is 4.79 Å². The SMILES string of the molecule is COc1ccc(C(=O)Nc2ccc(Cl)c(Cl)c2)cc1COc1ccc(C)c(C)c1. The molecule has 0 spiro atoms. The summed E-state index contributed by atoms with van der Waals surface area (Å²) in [5.74, 6) is 1.15. The number of benzene rings is 3. The first-order chi connectivity index (χ1) is 13.9. The van der Waals surface area contributed by atoms with Gasteiger partial charge in [0.2, 0.25) is 0 Å². The van der Waals surface area contributed by atoms with Crippen LogP contribution in [0.2, 0.25) is 10.0 Å². The zero-order chi connectivity index (χ0) is 21.0. The maximum Gasteiger partial charge on any atom is 0.255 e. The van der Waals surface area contributed by atoms with E-state index in [1.165, 1.54) is 5.56 Å². The van der Waals surface area contributed by atoms with E-state index in [4.69, 9.17) is 32.7 Å². The van der Waals surface area contributed by atoms with Gasteiger partial charge in [-0.2, -0.15) is 0 Å². The number of aryl methyl sites for hydroxylation is 2. The fourth-order valence-electron chi connectivity index (χ4n) is 2.77. The molecule has 0 aliphatic carbocycles. The molecule has 3 aromatic carbocycles. The first-order valence-corrected chi connectivity index (χ1v) is 9.76. The minimum atomic E-state index is -0.265. The van der Waals surface area contributed by atoms with Gasteiger partial charge in [0.05, 0.1) is 17.2 Å². The number of anilines is 1. The van der Waals surface area contributed by atoms with Gasteiger partial charge in [0.1, 0.15) is 18.1 Å². The van der Waals surface area contributed by atoms with Crippen molar-refractivity contribution in [1.29, 1.82) is 0 Å². The van der Waals surface area contributed by atoms with Crippen molar-refractivity contribution in [3.63, 3.8) is 0 Å². The number of nitrogens with one attached hydrogen (secondary N) is 1. The van der Waals surface area contributed by atoms with Crippen LogP contribution in [0.15, 0.2) is 54.6 Å². The van der Waals surface area contributed by atoms with Gasteiger partial charge in [-0.1, -0.05) is 29.3 Å². The summed E-state index contributed by atoms with van der Waals surface area (Å²) < 4.78 is 11.3. The lowest BCUT2D eigenvalue weighted by Gasteiger charge is -2.13. The molecule has 3 aromatic rings. The van der Waals surface area contributed by atoms with Gasteiger partial charge in [0.15, 0.2) is 0 Å². The minimum absolute atomic E-state index is 0.265. The van der Waals surface area contributed by atoms with E-state index >= 15 is 0 Å². The molecule has 150 valence electrons. The van der Waals surface area contributed by atoms with Crippen LogP contribution in [0.1, 0.15) is 27.0 Å². The van der Waals surface area contributed by atoms with Gasteiger partial charge in [-0.25, -0.2) is 0 Å². The smallest absolute Gasteiger partial charge is 0.255 e. The highest BCUT2D eigenvalue weighted by molar-refractivity contribution is 6.42. The molecule has 1 amide bonds. The molecular weight excluding hydrogens is 409 g/mol. The number of carbonyl (C=O) groups excluding carboxylic acids is 1. The molecule has 6 heteroatoms. The van der Waals surface area contributed by atoms with Gasteiger partial charge < -0.3 is 14.8 Å². The molecule has 0 atom stereocenters. The van der Waals surface area contributed by atoms with Crippen LogP contribution in [0.3, 0.4) is 0 Å². The van der Waals surface area contributed by atoms with E-state index in [9.17, 15) is 4.79 Å². The third-order valence-electron chi connectivity index (χ3n) is 4.59. The van der Waals surface area contributed by atoms with Crippen molar-refractivity contribution in [2.24, 2.45) is 0 Å². The summed E-state index contributed by atoms with van der Waals surface area (Å²) >= 11 is 11.9. The van der Waals surface area contributed by atoms with Gasteiger partial charge in [0, 0.05) is 16.8 Å². The monoisotopic (exact) mass is 429 g/mol. The molecule has 0 saturated carbocycles. The molecule has 3 rings (SSSR count). The van der Waals surface area contributed by atoms with Crippen LogP contribution in [-0.2, 0) is 6.61 Å². The molecule has 29 heavy (non-hydrogen) atoms. The van der Waals surface area contributed by atoms with E-state index in [0.29, 0.717) is 27.0 Å². The lowest BCUT2D eigenvalue weighted by Crippen LogP contribution is -2.13. The summed E-state index contributed by atoms with van der Waals surface area (Å²) in [6.45, 7) is 4.37. The molecule has 0 fully saturated rings. The molecule has 0 saturated heterocycles. The molecule has 0 aliphatic heterocycles. The number of hydrogen-bond donors (Lipinski definition) is 1. The zero-order valence-corrected chi connectivity index (χ0v) is 17.9. The standard InChI is InChI=1S/C23H21Cl2NO3/c1-14-4-7-19(10-15(14)2)29-13-17-11-16(5-9-22(17)28-3)23(27)26-18-6-8-20(24)21(25)12-18/h4-12H,13H2,1-3H3,(H,26,27). The molecule has 0 aliphatic rings. The van der Waals surface area contributed by atoms with Crippen molar-refractivity contribution in [3.8, 4) is 11.5 Å². The van der Waals surface area contributed by atoms with Gasteiger partial charge in [-0.15, -0.1) is 0 Å². The van der Waals surface area contributed by atoms with Crippen molar-refractivity contribution in [3.05, 3.63) is 86.9 Å². The first kappa shape index (κ1) is 21.0. The third-order valence-corrected chi connectivity index (χ3v) is 5.33. The molecular formula is C23H21Cl2NO3. The van der Waals surface area contributed by atoms with Crippen molar-refractivity contribution in [2.45, 2.75) is 20.5 Å². The minimum Gasteiger partial charge on any atom is -0.496 e. The Morgan fingerprint density at radius 3 is 2.41 bits per heavy atom. The Bertz CT molecular complexity index is 1050. The van der Waals surface area contributed by atoms with E-state index in [2.05, 4.69) is 12.2 Å². The van der Waals surface area contributed by atoms with E-state index < -0.39 is 0 Å². The maximum atomic E-state index is 12.6. The second kappa shape index (κ2) is 9.21. The Hall–Kier alpha value is -2.69. The summed E-state index contributed by atoms with van der Waals surface area (Å²) in [6.07, 6.45) is 0. The number of hydrogen-bond acceptors (Lipinski definition) is 3. The van der Waals surface area contributed by atoms with E-state index in [1.807, 2.05) is 25.1 Å². The lowest BCUT2D eigenvalue weighted by molar-refractivity contribution is 0.102. The van der Waals surface area contributed by atoms with E-state index in [0.717, 1.165) is 16.9 Å². The Morgan fingerprint density at radius 2 is 1.72 bits per heavy atom. The predicted molar refractivity (Wildman–Crippen MR) is 118 cm³/mol. The summed E-state index contributed by atoms with van der Waals surface area (Å²) in [5, 5.41) is 3.62. The quantitative estimate of drug-likeness (QED) is 0.489. The molecule has 0 radical (unpaired) electrons. The van der Waals surface area contributed by atoms with Crippen LogP contribution in [0.25, 0.3) is 0 Å². The fourth-order valence-corrected chi connectivity index (χ4v) is 3.07. The number of rotatable bonds is 6. The van der Waals surface area contributed by atoms with Crippen LogP contribution in [0, 0.1) is 13.8 Å². The summed E-state index contributed by atoms with van der Waals surface area (Å²) in [4.78, 5) is 12.6. The Kier molecular flexibility index (Phi) is 6.68. The highest BCUT2D eigenvalue weighted by Gasteiger charge is 2.12. The fraction of sp³-hybridized carbons (Fsp3) is 0.174. The van der Waals surface area contributed by atoms with Crippen LogP contribution in [0.4, 0.5) is 5.69 Å². The van der Waals surface area contributed by atoms with Crippen molar-refractivity contribution in [1.82, 2.24) is 0 Å². The Labute approximate surface area is 180 Å². The molecule has 4 nitrogen and oxygen atoms in total. The average Bonchev–Trinajstić information content (AvgIpc) is 2.71. The maximum absolute atomic E-state index is 12.6. The largest absolute Gasteiger partial charge is 0.496 e. The molecule has 1 N–H and O–H groups in total. The lowest BCUT2D eigenvalue weighted by atomic mass is 10.1. The third kappa shape index (κ3) is 5.22. The topological polar surface area (TPSA) is 47.6 Å². The number of amides is 1. The summed E-state index contributed by atoms with van der Waals surface area (Å²) in [5.41, 5.74) is 4.18. The van der Waals surface area contributed by atoms with Gasteiger partial charge >= 0.3 is 0 Å². The van der Waals surface area contributed by atoms with Crippen molar-refractivity contribution >= 4 is 34.8 Å². The Morgan fingerprint density at radius 1 is 0.931 bits per heavy atom. The number of methoxy groups -OCH3 is 1. The molecule has 0 heterocycles. The highest BCUT2D eigenvalue weighted by Crippen LogP contribution is 2.27. The second-order valence-corrected chi connectivity index (χ2v) is 7.46. The second-order valence-electron chi connectivity index (χ2n) is 6.64. The van der Waals surface area contributed by atoms with Crippen LogP contribution in [0.5, 0.6) is 11.5 Å². The summed E-state index contributed by atoms with van der Waals surface area (Å²) in [6, 6.07) is 16.1.